The molecule has 2 N–H and O–H groups in total. The van der Waals surface area contributed by atoms with Crippen molar-refractivity contribution in [1.82, 2.24) is 24.8 Å². The maximum Gasteiger partial charge on any atom is 0.407 e. The number of nitrogens with one attached hydrogen (secondary N) is 2. The first kappa shape index (κ1) is 24.3. The van der Waals surface area contributed by atoms with Crippen LogP contribution in [0.4, 0.5) is 15.1 Å². The Morgan fingerprint density at radius 1 is 1.06 bits per heavy atom. The Kier molecular flexibility index (Phi) is 7.09. The van der Waals surface area contributed by atoms with Crippen LogP contribution in [0.25, 0.3) is 17.2 Å². The first-order chi connectivity index (χ1) is 16.7. The van der Waals surface area contributed by atoms with E-state index in [1.165, 1.54) is 10.6 Å². The zero-order chi connectivity index (χ0) is 25.0. The van der Waals surface area contributed by atoms with Crippen LogP contribution in [0, 0.1) is 5.82 Å². The minimum atomic E-state index is -0.606. The summed E-state index contributed by atoms with van der Waals surface area (Å²) in [6.07, 6.45) is 5.45. The maximum absolute atomic E-state index is 14.6. The average Bonchev–Trinajstić information content (AvgIpc) is 2.81. The number of amides is 1. The fourth-order valence-electron chi connectivity index (χ4n) is 3.96. The van der Waals surface area contributed by atoms with Crippen LogP contribution < -0.4 is 16.2 Å². The molecule has 0 aromatic carbocycles. The summed E-state index contributed by atoms with van der Waals surface area (Å²) in [5, 5.41) is 6.19. The molecule has 0 atom stereocenters. The van der Waals surface area contributed by atoms with Crippen LogP contribution in [0.3, 0.4) is 0 Å². The van der Waals surface area contributed by atoms with Crippen LogP contribution in [-0.4, -0.2) is 43.3 Å². The SMILES string of the molecule is CC(C)(C)OC(=O)NC1CCC(Nc2ncc(F)c(-c3cccc(-n4ccccc4=O)n3)n2)CC1. The third kappa shape index (κ3) is 6.40. The van der Waals surface area contributed by atoms with E-state index in [-0.39, 0.29) is 23.3 Å². The van der Waals surface area contributed by atoms with E-state index < -0.39 is 17.5 Å². The van der Waals surface area contributed by atoms with Gasteiger partial charge in [0.25, 0.3) is 5.56 Å². The largest absolute Gasteiger partial charge is 0.444 e. The third-order valence-electron chi connectivity index (χ3n) is 5.57. The molecule has 1 fully saturated rings. The zero-order valence-corrected chi connectivity index (χ0v) is 20.0. The smallest absolute Gasteiger partial charge is 0.407 e. The number of ether oxygens (including phenoxy) is 1. The van der Waals surface area contributed by atoms with Gasteiger partial charge in [-0.1, -0.05) is 12.1 Å². The third-order valence-corrected chi connectivity index (χ3v) is 5.57. The number of halogens is 1. The van der Waals surface area contributed by atoms with Crippen LogP contribution in [-0.2, 0) is 4.74 Å². The molecule has 0 unspecified atom stereocenters. The molecular formula is C25H29FN6O3. The van der Waals surface area contributed by atoms with Gasteiger partial charge in [-0.2, -0.15) is 0 Å². The molecular weight excluding hydrogens is 451 g/mol. The molecule has 4 rings (SSSR count). The number of nitrogens with zero attached hydrogens (tertiary/aromatic N) is 4. The normalized spacial score (nSPS) is 18.1. The lowest BCUT2D eigenvalue weighted by atomic mass is 9.91. The van der Waals surface area contributed by atoms with Gasteiger partial charge in [0, 0.05) is 24.3 Å². The highest BCUT2D eigenvalue weighted by atomic mass is 19.1. The van der Waals surface area contributed by atoms with Crippen molar-refractivity contribution in [3.05, 3.63) is 65.0 Å². The lowest BCUT2D eigenvalue weighted by molar-refractivity contribution is 0.0492. The van der Waals surface area contributed by atoms with Crippen molar-refractivity contribution in [2.45, 2.75) is 64.1 Å². The van der Waals surface area contributed by atoms with E-state index in [1.807, 2.05) is 20.8 Å². The molecule has 0 aliphatic heterocycles. The van der Waals surface area contributed by atoms with Crippen molar-refractivity contribution >= 4 is 12.0 Å². The predicted molar refractivity (Wildman–Crippen MR) is 130 cm³/mol. The van der Waals surface area contributed by atoms with E-state index in [0.29, 0.717) is 17.5 Å². The molecule has 184 valence electrons. The summed E-state index contributed by atoms with van der Waals surface area (Å²) in [6, 6.07) is 9.94. The van der Waals surface area contributed by atoms with Gasteiger partial charge in [-0.25, -0.2) is 24.1 Å². The minimum absolute atomic E-state index is 0.0425. The summed E-state index contributed by atoms with van der Waals surface area (Å²) in [6.45, 7) is 5.49. The highest BCUT2D eigenvalue weighted by Crippen LogP contribution is 2.24. The van der Waals surface area contributed by atoms with Gasteiger partial charge in [0.05, 0.1) is 11.9 Å². The fourth-order valence-corrected chi connectivity index (χ4v) is 3.96. The first-order valence-corrected chi connectivity index (χ1v) is 11.6. The quantitative estimate of drug-likeness (QED) is 0.566. The molecule has 1 aliphatic rings. The Balaban J connectivity index is 1.42. The molecule has 9 nitrogen and oxygen atoms in total. The van der Waals surface area contributed by atoms with E-state index in [2.05, 4.69) is 25.6 Å². The second kappa shape index (κ2) is 10.2. The number of rotatable bonds is 5. The van der Waals surface area contributed by atoms with E-state index in [9.17, 15) is 14.0 Å². The topological polar surface area (TPSA) is 111 Å². The number of aromatic nitrogens is 4. The molecule has 0 radical (unpaired) electrons. The van der Waals surface area contributed by atoms with Gasteiger partial charge in [0.1, 0.15) is 17.1 Å². The van der Waals surface area contributed by atoms with Gasteiger partial charge < -0.3 is 15.4 Å². The lowest BCUT2D eigenvalue weighted by Crippen LogP contribution is -2.42. The van der Waals surface area contributed by atoms with Crippen molar-refractivity contribution in [2.75, 3.05) is 5.32 Å². The number of anilines is 1. The molecule has 3 aromatic heterocycles. The molecule has 0 bridgehead atoms. The van der Waals surface area contributed by atoms with Gasteiger partial charge in [0.2, 0.25) is 5.95 Å². The van der Waals surface area contributed by atoms with Gasteiger partial charge >= 0.3 is 6.09 Å². The zero-order valence-electron chi connectivity index (χ0n) is 20.0. The monoisotopic (exact) mass is 480 g/mol. The lowest BCUT2D eigenvalue weighted by Gasteiger charge is -2.30. The fraction of sp³-hybridized carbons (Fsp3) is 0.400. The van der Waals surface area contributed by atoms with E-state index >= 15 is 0 Å². The van der Waals surface area contributed by atoms with Crippen LogP contribution in [0.5, 0.6) is 0 Å². The van der Waals surface area contributed by atoms with Crippen LogP contribution >= 0.6 is 0 Å². The molecule has 0 spiro atoms. The van der Waals surface area contributed by atoms with E-state index in [1.54, 1.807) is 36.5 Å². The van der Waals surface area contributed by atoms with Crippen LogP contribution in [0.1, 0.15) is 46.5 Å². The number of alkyl carbamates (subject to hydrolysis) is 1. The molecule has 10 heteroatoms. The summed E-state index contributed by atoms with van der Waals surface area (Å²) in [4.78, 5) is 37.0. The average molecular weight is 481 g/mol. The summed E-state index contributed by atoms with van der Waals surface area (Å²) in [5.74, 6) is 0.0661. The number of carbonyl (C=O) groups excluding carboxylic acids is 1. The second-order valence-corrected chi connectivity index (χ2v) is 9.52. The maximum atomic E-state index is 14.6. The Morgan fingerprint density at radius 2 is 1.80 bits per heavy atom. The summed E-state index contributed by atoms with van der Waals surface area (Å²) in [7, 11) is 0. The molecule has 35 heavy (non-hydrogen) atoms. The van der Waals surface area contributed by atoms with Crippen molar-refractivity contribution in [1.29, 1.82) is 0 Å². The van der Waals surface area contributed by atoms with Gasteiger partial charge in [-0.15, -0.1) is 0 Å². The van der Waals surface area contributed by atoms with Crippen molar-refractivity contribution < 1.29 is 13.9 Å². The molecule has 1 saturated carbocycles. The molecule has 3 heterocycles. The van der Waals surface area contributed by atoms with Gasteiger partial charge in [-0.05, 0) is 64.7 Å². The molecule has 0 saturated heterocycles. The van der Waals surface area contributed by atoms with Crippen LogP contribution in [0.15, 0.2) is 53.6 Å². The first-order valence-electron chi connectivity index (χ1n) is 11.6. The standard InChI is InChI=1S/C25H29FN6O3/c1-25(2,3)35-24(34)29-17-12-10-16(11-13-17)28-23-27-15-18(26)22(31-23)19-7-6-8-20(30-19)32-14-5-4-9-21(32)33/h4-9,14-17H,10-13H2,1-3H3,(H,29,34)(H,27,28,31). The summed E-state index contributed by atoms with van der Waals surface area (Å²) in [5.41, 5.74) is -0.425. The highest BCUT2D eigenvalue weighted by molar-refractivity contribution is 5.68. The number of carbonyl (C=O) groups is 1. The Bertz CT molecular complexity index is 1250. The number of hydrogen-bond acceptors (Lipinski definition) is 7. The Labute approximate surface area is 202 Å². The second-order valence-electron chi connectivity index (χ2n) is 9.52. The molecule has 3 aromatic rings. The summed E-state index contributed by atoms with van der Waals surface area (Å²) < 4.78 is 21.3. The molecule has 1 amide bonds. The number of pyridine rings is 2. The molecule has 1 aliphatic carbocycles. The van der Waals surface area contributed by atoms with E-state index in [4.69, 9.17) is 4.74 Å². The van der Waals surface area contributed by atoms with Crippen molar-refractivity contribution in [3.63, 3.8) is 0 Å². The van der Waals surface area contributed by atoms with Gasteiger partial charge in [0.15, 0.2) is 5.82 Å². The van der Waals surface area contributed by atoms with Crippen molar-refractivity contribution in [2.24, 2.45) is 0 Å². The summed E-state index contributed by atoms with van der Waals surface area (Å²) >= 11 is 0. The minimum Gasteiger partial charge on any atom is -0.444 e. The van der Waals surface area contributed by atoms with E-state index in [0.717, 1.165) is 31.9 Å². The van der Waals surface area contributed by atoms with Crippen LogP contribution in [0.2, 0.25) is 0 Å². The van der Waals surface area contributed by atoms with Gasteiger partial charge in [-0.3, -0.25) is 9.36 Å². The highest BCUT2D eigenvalue weighted by Gasteiger charge is 2.25. The number of hydrogen-bond donors (Lipinski definition) is 2. The predicted octanol–water partition coefficient (Wildman–Crippen LogP) is 4.08. The Hall–Kier alpha value is -3.82. The van der Waals surface area contributed by atoms with Crippen molar-refractivity contribution in [3.8, 4) is 17.2 Å². The Morgan fingerprint density at radius 3 is 2.51 bits per heavy atom.